The molecule has 112 valence electrons. The quantitative estimate of drug-likeness (QED) is 0.379. The second kappa shape index (κ2) is 7.37. The fourth-order valence-electron chi connectivity index (χ4n) is 1.57. The highest BCUT2D eigenvalue weighted by Crippen LogP contribution is 2.16. The molecule has 0 atom stereocenters. The van der Waals surface area contributed by atoms with Crippen molar-refractivity contribution in [2.45, 2.75) is 0 Å². The van der Waals surface area contributed by atoms with Gasteiger partial charge < -0.3 is 10.5 Å². The molecule has 3 N–H and O–H groups in total. The van der Waals surface area contributed by atoms with E-state index in [0.717, 1.165) is 10.0 Å². The van der Waals surface area contributed by atoms with E-state index < -0.39 is 12.0 Å². The topological polar surface area (TPSA) is 93.8 Å². The molecule has 0 saturated carbocycles. The molecule has 6 nitrogen and oxygen atoms in total. The summed E-state index contributed by atoms with van der Waals surface area (Å²) in [6.07, 6.45) is 1.42. The molecule has 2 aromatic carbocycles. The van der Waals surface area contributed by atoms with E-state index in [1.54, 1.807) is 42.5 Å². The molecule has 0 bridgehead atoms. The third-order valence-corrected chi connectivity index (χ3v) is 3.03. The van der Waals surface area contributed by atoms with Gasteiger partial charge in [-0.15, -0.1) is 0 Å². The zero-order chi connectivity index (χ0) is 15.9. The summed E-state index contributed by atoms with van der Waals surface area (Å²) in [5.74, 6) is -0.0388. The molecular weight excluding hydrogens is 350 g/mol. The predicted octanol–water partition coefficient (Wildman–Crippen LogP) is 2.67. The van der Waals surface area contributed by atoms with Gasteiger partial charge in [-0.3, -0.25) is 0 Å². The number of rotatable bonds is 4. The monoisotopic (exact) mass is 361 g/mol. The van der Waals surface area contributed by atoms with E-state index in [0.29, 0.717) is 11.3 Å². The van der Waals surface area contributed by atoms with Gasteiger partial charge in [-0.05, 0) is 48.0 Å². The first kappa shape index (κ1) is 15.7. The smallest absolute Gasteiger partial charge is 0.343 e. The van der Waals surface area contributed by atoms with Crippen LogP contribution in [0.1, 0.15) is 15.9 Å². The molecule has 0 spiro atoms. The van der Waals surface area contributed by atoms with E-state index in [1.807, 2.05) is 6.07 Å². The summed E-state index contributed by atoms with van der Waals surface area (Å²) in [4.78, 5) is 22.4. The minimum atomic E-state index is -0.740. The number of halogens is 1. The number of nitrogens with two attached hydrogens (primary N) is 1. The van der Waals surface area contributed by atoms with Crippen LogP contribution >= 0.6 is 15.9 Å². The molecule has 0 aliphatic rings. The Kier molecular flexibility index (Phi) is 5.26. The number of benzene rings is 2. The number of hydrogen-bond donors (Lipinski definition) is 2. The van der Waals surface area contributed by atoms with Crippen LogP contribution in [0.25, 0.3) is 0 Å². The first-order valence-electron chi connectivity index (χ1n) is 6.21. The van der Waals surface area contributed by atoms with Crippen molar-refractivity contribution in [3.63, 3.8) is 0 Å². The summed E-state index contributed by atoms with van der Waals surface area (Å²) in [5, 5.41) is 3.63. The molecule has 0 unspecified atom stereocenters. The maximum Gasteiger partial charge on any atom is 0.343 e. The van der Waals surface area contributed by atoms with E-state index >= 15 is 0 Å². The van der Waals surface area contributed by atoms with Crippen molar-refractivity contribution >= 4 is 34.1 Å². The van der Waals surface area contributed by atoms with Crippen LogP contribution < -0.4 is 15.9 Å². The lowest BCUT2D eigenvalue weighted by atomic mass is 10.2. The molecule has 7 heteroatoms. The fourth-order valence-corrected chi connectivity index (χ4v) is 1.97. The van der Waals surface area contributed by atoms with Gasteiger partial charge in [-0.25, -0.2) is 15.0 Å². The van der Waals surface area contributed by atoms with Crippen LogP contribution in [0.3, 0.4) is 0 Å². The van der Waals surface area contributed by atoms with Gasteiger partial charge in [-0.2, -0.15) is 5.10 Å². The van der Waals surface area contributed by atoms with Gasteiger partial charge in [0.25, 0.3) is 0 Å². The summed E-state index contributed by atoms with van der Waals surface area (Å²) in [7, 11) is 0. The lowest BCUT2D eigenvalue weighted by Crippen LogP contribution is -2.24. The van der Waals surface area contributed by atoms with Gasteiger partial charge in [0.1, 0.15) is 5.75 Å². The first-order valence-corrected chi connectivity index (χ1v) is 7.00. The fraction of sp³-hybridized carbons (Fsp3) is 0. The number of primary amides is 1. The number of nitrogens with one attached hydrogen (secondary N) is 1. The van der Waals surface area contributed by atoms with Gasteiger partial charge in [0.15, 0.2) is 0 Å². The van der Waals surface area contributed by atoms with Crippen molar-refractivity contribution in [2.75, 3.05) is 0 Å². The lowest BCUT2D eigenvalue weighted by molar-refractivity contribution is 0.0734. The number of urea groups is 1. The SMILES string of the molecule is NC(=O)N/N=C/c1ccc(OC(=O)c2cccc(Br)c2)cc1. The van der Waals surface area contributed by atoms with Gasteiger partial charge in [0.05, 0.1) is 11.8 Å². The van der Waals surface area contributed by atoms with Crippen molar-refractivity contribution in [3.05, 3.63) is 64.1 Å². The van der Waals surface area contributed by atoms with Crippen molar-refractivity contribution < 1.29 is 14.3 Å². The molecule has 0 aliphatic heterocycles. The van der Waals surface area contributed by atoms with Gasteiger partial charge in [0, 0.05) is 4.47 Å². The molecule has 22 heavy (non-hydrogen) atoms. The number of ether oxygens (including phenoxy) is 1. The number of hydrogen-bond acceptors (Lipinski definition) is 4. The van der Waals surface area contributed by atoms with Crippen LogP contribution in [-0.2, 0) is 0 Å². The molecule has 0 aliphatic carbocycles. The Morgan fingerprint density at radius 1 is 1.18 bits per heavy atom. The average Bonchev–Trinajstić information content (AvgIpc) is 2.48. The molecule has 0 heterocycles. The van der Waals surface area contributed by atoms with Crippen LogP contribution in [-0.4, -0.2) is 18.2 Å². The van der Waals surface area contributed by atoms with Crippen molar-refractivity contribution in [1.82, 2.24) is 5.43 Å². The number of amides is 2. The Balaban J connectivity index is 2.00. The summed E-state index contributed by atoms with van der Waals surface area (Å²) in [6, 6.07) is 12.8. The number of esters is 1. The predicted molar refractivity (Wildman–Crippen MR) is 85.9 cm³/mol. The van der Waals surface area contributed by atoms with Crippen molar-refractivity contribution in [2.24, 2.45) is 10.8 Å². The minimum absolute atomic E-state index is 0.407. The Morgan fingerprint density at radius 3 is 2.55 bits per heavy atom. The molecule has 0 saturated heterocycles. The van der Waals surface area contributed by atoms with Crippen LogP contribution in [0, 0.1) is 0 Å². The van der Waals surface area contributed by atoms with E-state index in [9.17, 15) is 9.59 Å². The Bertz CT molecular complexity index is 714. The van der Waals surface area contributed by atoms with Crippen LogP contribution in [0.2, 0.25) is 0 Å². The van der Waals surface area contributed by atoms with Crippen molar-refractivity contribution in [3.8, 4) is 5.75 Å². The third kappa shape index (κ3) is 4.71. The first-order chi connectivity index (χ1) is 10.5. The van der Waals surface area contributed by atoms with E-state index in [-0.39, 0.29) is 0 Å². The van der Waals surface area contributed by atoms with E-state index in [2.05, 4.69) is 26.5 Å². The molecule has 2 amide bonds. The Morgan fingerprint density at radius 2 is 1.91 bits per heavy atom. The number of nitrogens with zero attached hydrogens (tertiary/aromatic N) is 1. The maximum absolute atomic E-state index is 12.0. The Labute approximate surface area is 135 Å². The normalized spacial score (nSPS) is 10.4. The summed E-state index contributed by atoms with van der Waals surface area (Å²) < 4.78 is 6.06. The molecule has 0 aromatic heterocycles. The van der Waals surface area contributed by atoms with Crippen molar-refractivity contribution in [1.29, 1.82) is 0 Å². The molecule has 0 radical (unpaired) electrons. The van der Waals surface area contributed by atoms with Crippen LogP contribution in [0.15, 0.2) is 58.1 Å². The Hall–Kier alpha value is -2.67. The summed E-state index contributed by atoms with van der Waals surface area (Å²) in [6.45, 7) is 0. The number of carbonyl (C=O) groups excluding carboxylic acids is 2. The number of carbonyl (C=O) groups is 2. The van der Waals surface area contributed by atoms with E-state index in [1.165, 1.54) is 6.21 Å². The highest BCUT2D eigenvalue weighted by atomic mass is 79.9. The zero-order valence-corrected chi connectivity index (χ0v) is 12.9. The molecular formula is C15H12BrN3O3. The maximum atomic E-state index is 12.0. The molecule has 0 fully saturated rings. The highest BCUT2D eigenvalue weighted by Gasteiger charge is 2.08. The van der Waals surface area contributed by atoms with E-state index in [4.69, 9.17) is 10.5 Å². The summed E-state index contributed by atoms with van der Waals surface area (Å²) >= 11 is 3.30. The average molecular weight is 362 g/mol. The second-order valence-corrected chi connectivity index (χ2v) is 5.12. The van der Waals surface area contributed by atoms with Gasteiger partial charge >= 0.3 is 12.0 Å². The minimum Gasteiger partial charge on any atom is -0.423 e. The largest absolute Gasteiger partial charge is 0.423 e. The third-order valence-electron chi connectivity index (χ3n) is 2.54. The van der Waals surface area contributed by atoms with Crippen LogP contribution in [0.4, 0.5) is 4.79 Å². The van der Waals surface area contributed by atoms with Gasteiger partial charge in [0.2, 0.25) is 0 Å². The lowest BCUT2D eigenvalue weighted by Gasteiger charge is -2.05. The standard InChI is InChI=1S/C15H12BrN3O3/c16-12-3-1-2-11(8-12)14(20)22-13-6-4-10(5-7-13)9-18-19-15(17)21/h1-9H,(H3,17,19,21)/b18-9+. The molecule has 2 aromatic rings. The molecule has 2 rings (SSSR count). The van der Waals surface area contributed by atoms with Crippen LogP contribution in [0.5, 0.6) is 5.75 Å². The second-order valence-electron chi connectivity index (χ2n) is 4.20. The van der Waals surface area contributed by atoms with Gasteiger partial charge in [-0.1, -0.05) is 22.0 Å². The summed E-state index contributed by atoms with van der Waals surface area (Å²) in [5.41, 5.74) is 8.13. The number of hydrazone groups is 1. The zero-order valence-electron chi connectivity index (χ0n) is 11.3. The highest BCUT2D eigenvalue weighted by molar-refractivity contribution is 9.10.